The number of hydrogen-bond acceptors (Lipinski definition) is 5. The van der Waals surface area contributed by atoms with Crippen LogP contribution in [0.4, 0.5) is 0 Å². The molecule has 6 heteroatoms. The van der Waals surface area contributed by atoms with Crippen molar-refractivity contribution in [2.45, 2.75) is 6.10 Å². The van der Waals surface area contributed by atoms with Crippen LogP contribution in [0, 0.1) is 0 Å². The third-order valence-corrected chi connectivity index (χ3v) is 4.45. The highest BCUT2D eigenvalue weighted by Gasteiger charge is 2.30. The van der Waals surface area contributed by atoms with Gasteiger partial charge < -0.3 is 14.4 Å². The van der Waals surface area contributed by atoms with Crippen molar-refractivity contribution < 1.29 is 19.1 Å². The van der Waals surface area contributed by atoms with Crippen molar-refractivity contribution >= 4 is 23.2 Å². The zero-order valence-corrected chi connectivity index (χ0v) is 13.3. The second-order valence-corrected chi connectivity index (χ2v) is 6.06. The minimum atomic E-state index is -0.927. The molecule has 1 aliphatic heterocycles. The summed E-state index contributed by atoms with van der Waals surface area (Å²) in [4.78, 5) is 27.2. The summed E-state index contributed by atoms with van der Waals surface area (Å²) in [6, 6.07) is 12.6. The van der Waals surface area contributed by atoms with Crippen molar-refractivity contribution in [2.24, 2.45) is 0 Å². The molecule has 0 spiro atoms. The molecule has 1 saturated heterocycles. The van der Waals surface area contributed by atoms with Gasteiger partial charge in [0, 0.05) is 18.7 Å². The molecule has 5 nitrogen and oxygen atoms in total. The highest BCUT2D eigenvalue weighted by atomic mass is 32.1. The van der Waals surface area contributed by atoms with Crippen molar-refractivity contribution in [2.75, 3.05) is 26.3 Å². The fraction of sp³-hybridized carbons (Fsp3) is 0.294. The lowest BCUT2D eigenvalue weighted by molar-refractivity contribution is -0.145. The number of nitrogens with zero attached hydrogens (tertiary/aromatic N) is 1. The molecular weight excluding hydrogens is 314 g/mol. The van der Waals surface area contributed by atoms with Crippen LogP contribution in [0.3, 0.4) is 0 Å². The number of carbonyl (C=O) groups excluding carboxylic acids is 2. The predicted molar refractivity (Wildman–Crippen MR) is 86.3 cm³/mol. The molecule has 2 heterocycles. The first-order valence-corrected chi connectivity index (χ1v) is 8.29. The van der Waals surface area contributed by atoms with Gasteiger partial charge in [-0.05, 0) is 11.4 Å². The van der Waals surface area contributed by atoms with Gasteiger partial charge in [0.25, 0.3) is 5.91 Å². The first-order valence-electron chi connectivity index (χ1n) is 7.41. The van der Waals surface area contributed by atoms with Crippen LogP contribution in [-0.4, -0.2) is 43.1 Å². The fourth-order valence-corrected chi connectivity index (χ4v) is 3.00. The number of morpholine rings is 1. The van der Waals surface area contributed by atoms with Gasteiger partial charge in [0.2, 0.25) is 6.10 Å². The van der Waals surface area contributed by atoms with Crippen LogP contribution >= 0.6 is 11.3 Å². The van der Waals surface area contributed by atoms with Crippen molar-refractivity contribution in [1.82, 2.24) is 4.90 Å². The smallest absolute Gasteiger partial charge is 0.349 e. The zero-order valence-electron chi connectivity index (χ0n) is 12.5. The van der Waals surface area contributed by atoms with E-state index >= 15 is 0 Å². The van der Waals surface area contributed by atoms with E-state index in [2.05, 4.69) is 0 Å². The standard InChI is InChI=1S/C17H17NO4S/c19-16(18-8-10-21-11-9-18)15(13-5-2-1-3-6-13)22-17(20)14-7-4-12-23-14/h1-7,12,15H,8-11H2/t15-/m0/s1. The molecule has 0 radical (unpaired) electrons. The van der Waals surface area contributed by atoms with E-state index < -0.39 is 12.1 Å². The summed E-state index contributed by atoms with van der Waals surface area (Å²) < 4.78 is 10.8. The van der Waals surface area contributed by atoms with E-state index in [1.54, 1.807) is 34.5 Å². The maximum Gasteiger partial charge on any atom is 0.349 e. The van der Waals surface area contributed by atoms with Crippen molar-refractivity contribution in [1.29, 1.82) is 0 Å². The van der Waals surface area contributed by atoms with Crippen molar-refractivity contribution in [3.8, 4) is 0 Å². The Morgan fingerprint density at radius 3 is 2.48 bits per heavy atom. The van der Waals surface area contributed by atoms with E-state index in [0.29, 0.717) is 36.7 Å². The van der Waals surface area contributed by atoms with Crippen LogP contribution in [0.15, 0.2) is 47.8 Å². The fourth-order valence-electron chi connectivity index (χ4n) is 2.40. The molecule has 0 aliphatic carbocycles. The summed E-state index contributed by atoms with van der Waals surface area (Å²) in [6.45, 7) is 2.04. The number of thiophene rings is 1. The Bertz CT molecular complexity index is 650. The maximum atomic E-state index is 12.8. The Kier molecular flexibility index (Phi) is 5.05. The summed E-state index contributed by atoms with van der Waals surface area (Å²) in [5, 5.41) is 1.80. The molecule has 2 aromatic rings. The lowest BCUT2D eigenvalue weighted by Crippen LogP contribution is -2.44. The number of amides is 1. The molecular formula is C17H17NO4S. The second kappa shape index (κ2) is 7.39. The third kappa shape index (κ3) is 3.78. The SMILES string of the molecule is O=C(O[C@H](C(=O)N1CCOCC1)c1ccccc1)c1cccs1. The monoisotopic (exact) mass is 331 g/mol. The Labute approximate surface area is 138 Å². The van der Waals surface area contributed by atoms with Gasteiger partial charge in [0.15, 0.2) is 0 Å². The molecule has 0 saturated carbocycles. The van der Waals surface area contributed by atoms with E-state index in [9.17, 15) is 9.59 Å². The summed E-state index contributed by atoms with van der Waals surface area (Å²) in [5.74, 6) is -0.681. The predicted octanol–water partition coefficient (Wildman–Crippen LogP) is 2.51. The molecule has 0 bridgehead atoms. The Morgan fingerprint density at radius 1 is 1.09 bits per heavy atom. The summed E-state index contributed by atoms with van der Waals surface area (Å²) in [6.07, 6.45) is -0.927. The minimum absolute atomic E-state index is 0.204. The van der Waals surface area contributed by atoms with Gasteiger partial charge in [0.1, 0.15) is 4.88 Å². The second-order valence-electron chi connectivity index (χ2n) is 5.11. The van der Waals surface area contributed by atoms with Gasteiger partial charge in [0.05, 0.1) is 13.2 Å². The largest absolute Gasteiger partial charge is 0.443 e. The van der Waals surface area contributed by atoms with Gasteiger partial charge >= 0.3 is 5.97 Å². The van der Waals surface area contributed by atoms with Gasteiger partial charge in [-0.1, -0.05) is 36.4 Å². The molecule has 1 aromatic carbocycles. The van der Waals surface area contributed by atoms with Gasteiger partial charge in [-0.25, -0.2) is 4.79 Å². The van der Waals surface area contributed by atoms with E-state index in [1.165, 1.54) is 11.3 Å². The summed E-state index contributed by atoms with van der Waals surface area (Å²) in [5.41, 5.74) is 0.675. The lowest BCUT2D eigenvalue weighted by Gasteiger charge is -2.30. The first kappa shape index (κ1) is 15.7. The van der Waals surface area contributed by atoms with Crippen LogP contribution in [-0.2, 0) is 14.3 Å². The van der Waals surface area contributed by atoms with E-state index in [1.807, 2.05) is 18.2 Å². The number of esters is 1. The Hall–Kier alpha value is -2.18. The summed E-state index contributed by atoms with van der Waals surface area (Å²) in [7, 11) is 0. The summed E-state index contributed by atoms with van der Waals surface area (Å²) >= 11 is 1.30. The van der Waals surface area contributed by atoms with Crippen molar-refractivity contribution in [3.05, 3.63) is 58.3 Å². The van der Waals surface area contributed by atoms with Gasteiger partial charge in [-0.2, -0.15) is 0 Å². The molecule has 1 atom stereocenters. The topological polar surface area (TPSA) is 55.8 Å². The third-order valence-electron chi connectivity index (χ3n) is 3.60. The molecule has 23 heavy (non-hydrogen) atoms. The molecule has 0 unspecified atom stereocenters. The van der Waals surface area contributed by atoms with Crippen LogP contribution in [0.25, 0.3) is 0 Å². The van der Waals surface area contributed by atoms with Crippen LogP contribution in [0.5, 0.6) is 0 Å². The zero-order chi connectivity index (χ0) is 16.1. The number of benzene rings is 1. The molecule has 1 aliphatic rings. The van der Waals surface area contributed by atoms with Crippen LogP contribution in [0.1, 0.15) is 21.3 Å². The molecule has 1 aromatic heterocycles. The van der Waals surface area contributed by atoms with E-state index in [-0.39, 0.29) is 5.91 Å². The number of carbonyl (C=O) groups is 2. The number of hydrogen-bond donors (Lipinski definition) is 0. The van der Waals surface area contributed by atoms with E-state index in [4.69, 9.17) is 9.47 Å². The molecule has 120 valence electrons. The number of rotatable bonds is 4. The van der Waals surface area contributed by atoms with Crippen LogP contribution in [0.2, 0.25) is 0 Å². The Balaban J connectivity index is 1.81. The molecule has 1 fully saturated rings. The maximum absolute atomic E-state index is 12.8. The molecule has 3 rings (SSSR count). The van der Waals surface area contributed by atoms with Gasteiger partial charge in [-0.3, -0.25) is 4.79 Å². The highest BCUT2D eigenvalue weighted by Crippen LogP contribution is 2.23. The lowest BCUT2D eigenvalue weighted by atomic mass is 10.1. The number of ether oxygens (including phenoxy) is 2. The quantitative estimate of drug-likeness (QED) is 0.808. The average molecular weight is 331 g/mol. The van der Waals surface area contributed by atoms with Crippen LogP contribution < -0.4 is 0 Å². The highest BCUT2D eigenvalue weighted by molar-refractivity contribution is 7.11. The minimum Gasteiger partial charge on any atom is -0.443 e. The first-order chi connectivity index (χ1) is 11.3. The van der Waals surface area contributed by atoms with E-state index in [0.717, 1.165) is 0 Å². The van der Waals surface area contributed by atoms with Gasteiger partial charge in [-0.15, -0.1) is 11.3 Å². The molecule has 1 amide bonds. The van der Waals surface area contributed by atoms with Crippen molar-refractivity contribution in [3.63, 3.8) is 0 Å². The normalized spacial score (nSPS) is 15.9. The molecule has 0 N–H and O–H groups in total. The Morgan fingerprint density at radius 2 is 1.83 bits per heavy atom. The average Bonchev–Trinajstić information content (AvgIpc) is 3.15.